The van der Waals surface area contributed by atoms with E-state index in [0.717, 1.165) is 11.8 Å². The largest absolute Gasteiger partial charge is 0.399 e. The van der Waals surface area contributed by atoms with Crippen molar-refractivity contribution in [2.45, 2.75) is 25.3 Å². The Labute approximate surface area is 79.6 Å². The normalized spacial score (nSPS) is 14.6. The number of thioether (sulfide) groups is 1. The molecule has 6 heteroatoms. The van der Waals surface area contributed by atoms with E-state index in [4.69, 9.17) is 11.1 Å². The summed E-state index contributed by atoms with van der Waals surface area (Å²) < 4.78 is 36.6. The Morgan fingerprint density at radius 2 is 1.92 bits per heavy atom. The molecule has 0 heterocycles. The highest BCUT2D eigenvalue weighted by Crippen LogP contribution is 2.29. The van der Waals surface area contributed by atoms with Crippen molar-refractivity contribution in [1.29, 1.82) is 5.41 Å². The summed E-state index contributed by atoms with van der Waals surface area (Å²) in [4.78, 5) is 0. The third-order valence-electron chi connectivity index (χ3n) is 1.37. The van der Waals surface area contributed by atoms with Crippen LogP contribution in [0.1, 0.15) is 13.8 Å². The molecule has 0 radical (unpaired) electrons. The van der Waals surface area contributed by atoms with Crippen LogP contribution in [0.15, 0.2) is 0 Å². The molecule has 0 saturated heterocycles. The summed E-state index contributed by atoms with van der Waals surface area (Å²) in [7, 11) is 0. The van der Waals surface area contributed by atoms with Crippen LogP contribution in [0.4, 0.5) is 13.2 Å². The van der Waals surface area contributed by atoms with E-state index in [1.807, 2.05) is 0 Å². The van der Waals surface area contributed by atoms with Crippen molar-refractivity contribution in [2.24, 2.45) is 11.7 Å². The molecular weight excluding hydrogens is 201 g/mol. The van der Waals surface area contributed by atoms with E-state index in [-0.39, 0.29) is 11.0 Å². The van der Waals surface area contributed by atoms with E-state index in [2.05, 4.69) is 0 Å². The van der Waals surface area contributed by atoms with Gasteiger partial charge in [0.1, 0.15) is 11.8 Å². The highest BCUT2D eigenvalue weighted by atomic mass is 32.2. The Hall–Kier alpha value is -0.390. The summed E-state index contributed by atoms with van der Waals surface area (Å²) >= 11 is 1.15. The van der Waals surface area contributed by atoms with Crippen LogP contribution >= 0.6 is 11.8 Å². The Kier molecular flexibility index (Phi) is 4.60. The highest BCUT2D eigenvalue weighted by Gasteiger charge is 2.41. The van der Waals surface area contributed by atoms with Crippen LogP contribution in [0, 0.1) is 11.3 Å². The van der Waals surface area contributed by atoms with Gasteiger partial charge >= 0.3 is 6.18 Å². The quantitative estimate of drug-likeness (QED) is 0.557. The van der Waals surface area contributed by atoms with E-state index in [9.17, 15) is 13.2 Å². The molecule has 0 aliphatic carbocycles. The zero-order chi connectivity index (χ0) is 10.6. The Morgan fingerprint density at radius 1 is 1.46 bits per heavy atom. The third kappa shape index (κ3) is 5.02. The summed E-state index contributed by atoms with van der Waals surface area (Å²) in [6.07, 6.45) is -4.40. The Bertz CT molecular complexity index is 179. The lowest BCUT2D eigenvalue weighted by Crippen LogP contribution is -2.37. The van der Waals surface area contributed by atoms with E-state index in [1.54, 1.807) is 13.8 Å². The average Bonchev–Trinajstić information content (AvgIpc) is 1.81. The molecule has 0 aromatic rings. The standard InChI is InChI=1S/C7H13F3N2S/c1-4(2)13-3-5(6(11)12)7(8,9)10/h4-5H,3H2,1-2H3,(H3,11,12). The van der Waals surface area contributed by atoms with Crippen LogP contribution < -0.4 is 5.73 Å². The fourth-order valence-electron chi connectivity index (χ4n) is 0.649. The second-order valence-electron chi connectivity index (χ2n) is 2.93. The van der Waals surface area contributed by atoms with Crippen molar-refractivity contribution in [3.05, 3.63) is 0 Å². The second-order valence-corrected chi connectivity index (χ2v) is 4.54. The zero-order valence-electron chi connectivity index (χ0n) is 7.48. The zero-order valence-corrected chi connectivity index (χ0v) is 8.30. The number of halogens is 3. The molecule has 0 fully saturated rings. The van der Waals surface area contributed by atoms with Crippen molar-refractivity contribution in [3.63, 3.8) is 0 Å². The monoisotopic (exact) mass is 214 g/mol. The van der Waals surface area contributed by atoms with Crippen molar-refractivity contribution < 1.29 is 13.2 Å². The van der Waals surface area contributed by atoms with Crippen LogP contribution in [0.25, 0.3) is 0 Å². The molecular formula is C7H13F3N2S. The average molecular weight is 214 g/mol. The van der Waals surface area contributed by atoms with Gasteiger partial charge in [0, 0.05) is 5.75 Å². The predicted molar refractivity (Wildman–Crippen MR) is 49.1 cm³/mol. The second kappa shape index (κ2) is 4.74. The maximum Gasteiger partial charge on any atom is 0.399 e. The molecule has 0 aliphatic heterocycles. The van der Waals surface area contributed by atoms with Crippen LogP contribution in [0.3, 0.4) is 0 Å². The molecule has 0 rings (SSSR count). The van der Waals surface area contributed by atoms with E-state index >= 15 is 0 Å². The number of nitrogens with two attached hydrogens (primary N) is 1. The van der Waals surface area contributed by atoms with Gasteiger partial charge in [-0.15, -0.1) is 0 Å². The van der Waals surface area contributed by atoms with Gasteiger partial charge in [-0.05, 0) is 5.25 Å². The van der Waals surface area contributed by atoms with Gasteiger partial charge in [-0.3, -0.25) is 5.41 Å². The van der Waals surface area contributed by atoms with Gasteiger partial charge in [0.2, 0.25) is 0 Å². The molecule has 1 atom stereocenters. The molecule has 0 bridgehead atoms. The smallest absolute Gasteiger partial charge is 0.387 e. The Morgan fingerprint density at radius 3 is 2.15 bits per heavy atom. The first-order chi connectivity index (χ1) is 5.75. The van der Waals surface area contributed by atoms with Crippen LogP contribution in [0.5, 0.6) is 0 Å². The fraction of sp³-hybridized carbons (Fsp3) is 0.857. The number of alkyl halides is 3. The van der Waals surface area contributed by atoms with Gasteiger partial charge < -0.3 is 5.73 Å². The van der Waals surface area contributed by atoms with Crippen LogP contribution in [-0.4, -0.2) is 23.0 Å². The lowest BCUT2D eigenvalue weighted by atomic mass is 10.1. The van der Waals surface area contributed by atoms with Gasteiger partial charge in [0.25, 0.3) is 0 Å². The number of hydrogen-bond donors (Lipinski definition) is 2. The molecule has 0 saturated carbocycles. The van der Waals surface area contributed by atoms with E-state index in [1.165, 1.54) is 0 Å². The molecule has 0 spiro atoms. The molecule has 2 nitrogen and oxygen atoms in total. The van der Waals surface area contributed by atoms with Crippen molar-refractivity contribution in [3.8, 4) is 0 Å². The van der Waals surface area contributed by atoms with Gasteiger partial charge in [0.15, 0.2) is 0 Å². The summed E-state index contributed by atoms with van der Waals surface area (Å²) in [6, 6.07) is 0. The number of nitrogens with one attached hydrogen (secondary N) is 1. The number of rotatable bonds is 4. The van der Waals surface area contributed by atoms with Crippen LogP contribution in [-0.2, 0) is 0 Å². The summed E-state index contributed by atoms with van der Waals surface area (Å²) in [5, 5.41) is 6.91. The fourth-order valence-corrected chi connectivity index (χ4v) is 1.60. The van der Waals surface area contributed by atoms with Crippen molar-refractivity contribution in [1.82, 2.24) is 0 Å². The minimum absolute atomic E-state index is 0.115. The molecule has 0 aliphatic rings. The summed E-state index contributed by atoms with van der Waals surface area (Å²) in [6.45, 7) is 3.61. The lowest BCUT2D eigenvalue weighted by molar-refractivity contribution is -0.150. The molecule has 0 aromatic heterocycles. The van der Waals surface area contributed by atoms with Crippen molar-refractivity contribution >= 4 is 17.6 Å². The van der Waals surface area contributed by atoms with Gasteiger partial charge in [-0.25, -0.2) is 0 Å². The SMILES string of the molecule is CC(C)SCC(C(=N)N)C(F)(F)F. The maximum atomic E-state index is 12.2. The van der Waals surface area contributed by atoms with Gasteiger partial charge in [-0.2, -0.15) is 24.9 Å². The summed E-state index contributed by atoms with van der Waals surface area (Å²) in [5.41, 5.74) is 4.86. The molecule has 3 N–H and O–H groups in total. The number of amidine groups is 1. The van der Waals surface area contributed by atoms with Crippen LogP contribution in [0.2, 0.25) is 0 Å². The topological polar surface area (TPSA) is 49.9 Å². The van der Waals surface area contributed by atoms with Gasteiger partial charge in [-0.1, -0.05) is 13.8 Å². The van der Waals surface area contributed by atoms with Gasteiger partial charge in [0.05, 0.1) is 0 Å². The molecule has 0 aromatic carbocycles. The first kappa shape index (κ1) is 12.6. The predicted octanol–water partition coefficient (Wildman–Crippen LogP) is 2.24. The van der Waals surface area contributed by atoms with Crippen molar-refractivity contribution in [2.75, 3.05) is 5.75 Å². The molecule has 1 unspecified atom stereocenters. The van der Waals surface area contributed by atoms with E-state index < -0.39 is 17.9 Å². The minimum Gasteiger partial charge on any atom is -0.387 e. The molecule has 13 heavy (non-hydrogen) atoms. The third-order valence-corrected chi connectivity index (χ3v) is 2.56. The summed E-state index contributed by atoms with van der Waals surface area (Å²) in [5.74, 6) is -2.78. The Balaban J connectivity index is 4.20. The molecule has 0 amide bonds. The number of hydrogen-bond acceptors (Lipinski definition) is 2. The lowest BCUT2D eigenvalue weighted by Gasteiger charge is -2.19. The minimum atomic E-state index is -4.40. The highest BCUT2D eigenvalue weighted by molar-refractivity contribution is 7.99. The first-order valence-electron chi connectivity index (χ1n) is 3.77. The van der Waals surface area contributed by atoms with E-state index in [0.29, 0.717) is 0 Å². The maximum absolute atomic E-state index is 12.2. The molecule has 78 valence electrons. The first-order valence-corrected chi connectivity index (χ1v) is 4.82.